The molecule has 0 spiro atoms. The summed E-state index contributed by atoms with van der Waals surface area (Å²) in [6.45, 7) is 4.52. The molecule has 0 bridgehead atoms. The summed E-state index contributed by atoms with van der Waals surface area (Å²) in [7, 11) is -4.42. The van der Waals surface area contributed by atoms with Crippen molar-refractivity contribution in [2.75, 3.05) is 0 Å². The zero-order chi connectivity index (χ0) is 26.3. The molecule has 5 heteroatoms. The first-order valence-electron chi connectivity index (χ1n) is 15.6. The summed E-state index contributed by atoms with van der Waals surface area (Å²) in [6, 6.07) is 5.31. The molecule has 0 amide bonds. The number of unbranched alkanes of at least 4 members (excludes halogenated alkanes) is 20. The van der Waals surface area contributed by atoms with Gasteiger partial charge in [0.15, 0.2) is 0 Å². The molecule has 0 atom stereocenters. The van der Waals surface area contributed by atoms with Gasteiger partial charge in [0.25, 0.3) is 0 Å². The van der Waals surface area contributed by atoms with Crippen LogP contribution in [0.25, 0.3) is 0 Å². The Morgan fingerprint density at radius 3 is 1.27 bits per heavy atom. The van der Waals surface area contributed by atoms with Crippen LogP contribution in [0.5, 0.6) is 0 Å². The minimum absolute atomic E-state index is 0. The number of benzene rings is 1. The van der Waals surface area contributed by atoms with Crippen molar-refractivity contribution < 1.29 is 42.5 Å². The number of hydrogen-bond donors (Lipinski definition) is 0. The largest absolute Gasteiger partial charge is 1.00 e. The summed E-state index contributed by atoms with van der Waals surface area (Å²) in [5, 5.41) is 0. The molecule has 0 N–H and O–H groups in total. The smallest absolute Gasteiger partial charge is 0.744 e. The van der Waals surface area contributed by atoms with E-state index in [1.165, 1.54) is 128 Å². The fraction of sp³-hybridized carbons (Fsp3) is 0.812. The normalized spacial score (nSPS) is 11.5. The van der Waals surface area contributed by atoms with Crippen molar-refractivity contribution >= 4 is 10.1 Å². The quantitative estimate of drug-likeness (QED) is 0.0737. The van der Waals surface area contributed by atoms with Crippen LogP contribution in [0.2, 0.25) is 0 Å². The van der Waals surface area contributed by atoms with E-state index in [4.69, 9.17) is 0 Å². The molecule has 0 heterocycles. The molecule has 1 aromatic rings. The van der Waals surface area contributed by atoms with Gasteiger partial charge in [-0.3, -0.25) is 0 Å². The van der Waals surface area contributed by atoms with Crippen molar-refractivity contribution in [3.63, 3.8) is 0 Å². The second-order valence-electron chi connectivity index (χ2n) is 10.9. The molecule has 0 aliphatic rings. The zero-order valence-electron chi connectivity index (χ0n) is 24.8. The van der Waals surface area contributed by atoms with Gasteiger partial charge in [-0.25, -0.2) is 8.42 Å². The van der Waals surface area contributed by atoms with Gasteiger partial charge >= 0.3 is 29.6 Å². The predicted octanol–water partition coefficient (Wildman–Crippen LogP) is 7.30. The first kappa shape index (κ1) is 37.1. The maximum Gasteiger partial charge on any atom is 1.00 e. The molecule has 1 rings (SSSR count). The molecule has 1 aromatic carbocycles. The molecule has 0 saturated carbocycles. The molecule has 0 saturated heterocycles. The topological polar surface area (TPSA) is 57.2 Å². The Labute approximate surface area is 253 Å². The Morgan fingerprint density at radius 2 is 0.892 bits per heavy atom. The van der Waals surface area contributed by atoms with Crippen molar-refractivity contribution in [2.45, 2.75) is 173 Å². The molecular formula is C32H57NaO3S. The van der Waals surface area contributed by atoms with E-state index in [0.717, 1.165) is 36.8 Å². The van der Waals surface area contributed by atoms with Gasteiger partial charge in [0.2, 0.25) is 0 Å². The van der Waals surface area contributed by atoms with Crippen LogP contribution in [0, 0.1) is 0 Å². The van der Waals surface area contributed by atoms with E-state index in [1.807, 2.05) is 6.07 Å². The van der Waals surface area contributed by atoms with Crippen molar-refractivity contribution in [1.82, 2.24) is 0 Å². The predicted molar refractivity (Wildman–Crippen MR) is 155 cm³/mol. The minimum atomic E-state index is -4.42. The van der Waals surface area contributed by atoms with Crippen LogP contribution in [0.4, 0.5) is 0 Å². The molecule has 3 nitrogen and oxygen atoms in total. The van der Waals surface area contributed by atoms with Gasteiger partial charge in [-0.15, -0.1) is 0 Å². The SMILES string of the molecule is CCCCCCCCCCCCCc1cccc(S(=O)(=O)[O-])c1CCCCCCCCCCCCC.[Na+]. The fourth-order valence-electron chi connectivity index (χ4n) is 5.31. The van der Waals surface area contributed by atoms with E-state index in [-0.39, 0.29) is 34.5 Å². The van der Waals surface area contributed by atoms with Crippen LogP contribution in [0.15, 0.2) is 23.1 Å². The van der Waals surface area contributed by atoms with Gasteiger partial charge < -0.3 is 4.55 Å². The van der Waals surface area contributed by atoms with Crippen LogP contribution >= 0.6 is 0 Å². The molecule has 0 unspecified atom stereocenters. The van der Waals surface area contributed by atoms with Crippen LogP contribution in [-0.2, 0) is 23.0 Å². The summed E-state index contributed by atoms with van der Waals surface area (Å²) < 4.78 is 35.7. The second-order valence-corrected chi connectivity index (χ2v) is 12.3. The monoisotopic (exact) mass is 544 g/mol. The minimum Gasteiger partial charge on any atom is -0.744 e. The second kappa shape index (κ2) is 25.1. The Kier molecular flexibility index (Phi) is 25.2. The molecule has 0 aliphatic carbocycles. The van der Waals surface area contributed by atoms with E-state index in [1.54, 1.807) is 6.07 Å². The average molecular weight is 545 g/mol. The van der Waals surface area contributed by atoms with Gasteiger partial charge in [-0.2, -0.15) is 0 Å². The van der Waals surface area contributed by atoms with Crippen LogP contribution in [0.3, 0.4) is 0 Å². The average Bonchev–Trinajstić information content (AvgIpc) is 2.85. The summed E-state index contributed by atoms with van der Waals surface area (Å²) in [5.41, 5.74) is 1.88. The third-order valence-electron chi connectivity index (χ3n) is 7.58. The third-order valence-corrected chi connectivity index (χ3v) is 8.50. The van der Waals surface area contributed by atoms with Crippen molar-refractivity contribution in [3.8, 4) is 0 Å². The summed E-state index contributed by atoms with van der Waals surface area (Å²) >= 11 is 0. The summed E-state index contributed by atoms with van der Waals surface area (Å²) in [4.78, 5) is 0.0233. The maximum atomic E-state index is 11.9. The number of hydrogen-bond acceptors (Lipinski definition) is 3. The molecule has 0 aliphatic heterocycles. The van der Waals surface area contributed by atoms with Crippen LogP contribution < -0.4 is 29.6 Å². The Hall–Kier alpha value is 0.130. The Morgan fingerprint density at radius 1 is 0.541 bits per heavy atom. The molecule has 0 radical (unpaired) electrons. The van der Waals surface area contributed by atoms with Crippen molar-refractivity contribution in [2.24, 2.45) is 0 Å². The van der Waals surface area contributed by atoms with E-state index in [9.17, 15) is 13.0 Å². The van der Waals surface area contributed by atoms with Crippen molar-refractivity contribution in [1.29, 1.82) is 0 Å². The molecule has 0 fully saturated rings. The van der Waals surface area contributed by atoms with Crippen LogP contribution in [-0.4, -0.2) is 13.0 Å². The third kappa shape index (κ3) is 19.8. The summed E-state index contributed by atoms with van der Waals surface area (Å²) in [5.74, 6) is 0. The van der Waals surface area contributed by atoms with E-state index < -0.39 is 10.1 Å². The first-order chi connectivity index (χ1) is 17.5. The van der Waals surface area contributed by atoms with E-state index >= 15 is 0 Å². The first-order valence-corrected chi connectivity index (χ1v) is 17.0. The number of rotatable bonds is 25. The molecule has 210 valence electrons. The zero-order valence-corrected chi connectivity index (χ0v) is 27.7. The molecule has 37 heavy (non-hydrogen) atoms. The molecule has 0 aromatic heterocycles. The van der Waals surface area contributed by atoms with Gasteiger partial charge in [0, 0.05) is 0 Å². The fourth-order valence-corrected chi connectivity index (χ4v) is 6.09. The van der Waals surface area contributed by atoms with Gasteiger partial charge in [0.1, 0.15) is 10.1 Å². The van der Waals surface area contributed by atoms with Gasteiger partial charge in [0.05, 0.1) is 4.90 Å². The molecular weight excluding hydrogens is 487 g/mol. The number of aryl methyl sites for hydroxylation is 1. The van der Waals surface area contributed by atoms with Gasteiger partial charge in [-0.1, -0.05) is 154 Å². The van der Waals surface area contributed by atoms with Crippen molar-refractivity contribution in [3.05, 3.63) is 29.3 Å². The van der Waals surface area contributed by atoms with Crippen LogP contribution in [0.1, 0.15) is 166 Å². The van der Waals surface area contributed by atoms with E-state index in [0.29, 0.717) is 6.42 Å². The Balaban J connectivity index is 0.0000130. The van der Waals surface area contributed by atoms with Gasteiger partial charge in [-0.05, 0) is 42.9 Å². The van der Waals surface area contributed by atoms with E-state index in [2.05, 4.69) is 13.8 Å². The maximum absolute atomic E-state index is 11.9. The Bertz CT molecular complexity index is 748. The summed E-state index contributed by atoms with van der Waals surface area (Å²) in [6.07, 6.45) is 29.9. The standard InChI is InChI=1S/C32H58O3S.Na/c1-3-5-7-9-11-13-15-17-19-21-23-26-30-27-25-29-32(36(33,34)35)31(30)28-24-22-20-18-16-14-12-10-8-6-4-2;/h25,27,29H,3-24,26,28H2,1-2H3,(H,33,34,35);/q;+1/p-1.